The number of ether oxygens (including phenoxy) is 1. The first-order chi connectivity index (χ1) is 25.2. The van der Waals surface area contributed by atoms with Gasteiger partial charge in [0.05, 0.1) is 34.0 Å². The molecule has 15 nitrogen and oxygen atoms in total. The molecule has 1 fully saturated rings. The van der Waals surface area contributed by atoms with Crippen LogP contribution in [0.3, 0.4) is 0 Å². The van der Waals surface area contributed by atoms with Gasteiger partial charge in [-0.15, -0.1) is 0 Å². The van der Waals surface area contributed by atoms with Crippen LogP contribution in [0.2, 0.25) is 0 Å². The molecule has 0 radical (unpaired) electrons. The number of aryl methyl sites for hydroxylation is 1. The fourth-order valence-corrected chi connectivity index (χ4v) is 7.01. The summed E-state index contributed by atoms with van der Waals surface area (Å²) in [5, 5.41) is 6.50. The molecular weight excluding hydrogens is 723 g/mol. The van der Waals surface area contributed by atoms with Crippen LogP contribution in [-0.4, -0.2) is 76.9 Å². The van der Waals surface area contributed by atoms with Crippen LogP contribution in [0.4, 0.5) is 18.0 Å². The average Bonchev–Trinajstić information content (AvgIpc) is 3.64. The van der Waals surface area contributed by atoms with Gasteiger partial charge in [0.25, 0.3) is 21.8 Å². The molecule has 2 aliphatic rings. The minimum Gasteiger partial charge on any atom is -0.448 e. The van der Waals surface area contributed by atoms with Crippen LogP contribution in [0.1, 0.15) is 51.7 Å². The standard InChI is InChI=1S/C34H32F3N7O8S/c1-21-9-11-24(12-10-21)29-18-30(34(35,36)37)38-42(29)25-13-15-26(16-14-25)53(48,49)39-33(47)50-20-23-6-5-17-40(19-23)43-44(52-43)51-22(2)41-31(45)27-7-3-4-8-28(27)32(41)46/h3-4,7-16,18,22-23H,5-6,17,19-20H2,1-2H3,(H,39,47). The zero-order valence-corrected chi connectivity index (χ0v) is 29.0. The quantitative estimate of drug-likeness (QED) is 0.200. The monoisotopic (exact) mass is 755 g/mol. The molecular formula is C34H32F3N7O8S. The lowest BCUT2D eigenvalue weighted by Gasteiger charge is -2.29. The minimum absolute atomic E-state index is 0.125. The van der Waals surface area contributed by atoms with E-state index in [1.807, 2.05) is 11.6 Å². The number of hydrogen-bond acceptors (Lipinski definition) is 10. The Labute approximate surface area is 299 Å². The van der Waals surface area contributed by atoms with E-state index >= 15 is 0 Å². The summed E-state index contributed by atoms with van der Waals surface area (Å²) >= 11 is 0. The molecule has 0 saturated carbocycles. The van der Waals surface area contributed by atoms with Crippen molar-refractivity contribution in [3.63, 3.8) is 0 Å². The second-order valence-electron chi connectivity index (χ2n) is 12.6. The second-order valence-corrected chi connectivity index (χ2v) is 14.3. The van der Waals surface area contributed by atoms with Crippen molar-refractivity contribution in [1.29, 1.82) is 0 Å². The molecule has 4 heterocycles. The number of alkyl halides is 3. The van der Waals surface area contributed by atoms with Gasteiger partial charge < -0.3 is 9.57 Å². The van der Waals surface area contributed by atoms with Crippen molar-refractivity contribution in [2.75, 3.05) is 24.7 Å². The van der Waals surface area contributed by atoms with E-state index in [0.29, 0.717) is 31.5 Å². The minimum atomic E-state index is -4.71. The number of amides is 3. The predicted molar refractivity (Wildman–Crippen MR) is 179 cm³/mol. The molecule has 19 heteroatoms. The molecule has 3 amide bonds. The number of nitrogens with one attached hydrogen (secondary N) is 1. The highest BCUT2D eigenvalue weighted by molar-refractivity contribution is 7.90. The molecule has 0 bridgehead atoms. The summed E-state index contributed by atoms with van der Waals surface area (Å²) in [5.41, 5.74) is 1.16. The second kappa shape index (κ2) is 13.5. The summed E-state index contributed by atoms with van der Waals surface area (Å²) in [6.45, 7) is 4.15. The third-order valence-corrected chi connectivity index (χ3v) is 10.2. The number of fused-ring (bicyclic) bond motifs is 1. The summed E-state index contributed by atoms with van der Waals surface area (Å²) in [6, 6.07) is 19.1. The number of piperidine rings is 1. The van der Waals surface area contributed by atoms with E-state index in [1.165, 1.54) is 24.0 Å². The van der Waals surface area contributed by atoms with Gasteiger partial charge in [0.15, 0.2) is 5.69 Å². The molecule has 1 N–H and O–H groups in total. The summed E-state index contributed by atoms with van der Waals surface area (Å²) < 4.78 is 80.3. The first-order valence-electron chi connectivity index (χ1n) is 16.4. The normalized spacial score (nSPS) is 16.9. The smallest absolute Gasteiger partial charge is 0.435 e. The van der Waals surface area contributed by atoms with E-state index in [2.05, 4.69) is 5.10 Å². The van der Waals surface area contributed by atoms with Gasteiger partial charge in [0.1, 0.15) is 5.02 Å². The highest BCUT2D eigenvalue weighted by atomic mass is 32.2. The van der Waals surface area contributed by atoms with E-state index in [-0.39, 0.29) is 39.9 Å². The Morgan fingerprint density at radius 2 is 1.68 bits per heavy atom. The summed E-state index contributed by atoms with van der Waals surface area (Å²) in [6.07, 6.45) is -5.57. The van der Waals surface area contributed by atoms with Gasteiger partial charge in [-0.05, 0) is 69.2 Å². The highest BCUT2D eigenvalue weighted by Crippen LogP contribution is 2.33. The summed E-state index contributed by atoms with van der Waals surface area (Å²) in [5.74, 6) is -1.18. The molecule has 1 saturated heterocycles. The number of carbonyl (C=O) groups excluding carboxylic acids is 3. The number of rotatable bonds is 10. The van der Waals surface area contributed by atoms with Gasteiger partial charge in [0.2, 0.25) is 6.23 Å². The molecule has 3 aromatic carbocycles. The molecule has 7 rings (SSSR count). The van der Waals surface area contributed by atoms with Crippen molar-refractivity contribution < 1.29 is 50.2 Å². The fourth-order valence-electron chi connectivity index (χ4n) is 6.12. The number of aromatic nitrogens is 4. The number of benzene rings is 3. The van der Waals surface area contributed by atoms with Crippen LogP contribution in [-0.2, 0) is 20.9 Å². The number of imide groups is 1. The summed E-state index contributed by atoms with van der Waals surface area (Å²) in [4.78, 5) is 45.7. The third-order valence-electron chi connectivity index (χ3n) is 8.84. The van der Waals surface area contributed by atoms with Gasteiger partial charge in [-0.2, -0.15) is 22.9 Å². The largest absolute Gasteiger partial charge is 0.448 e. The van der Waals surface area contributed by atoms with Crippen LogP contribution in [0, 0.1) is 12.8 Å². The maximum absolute atomic E-state index is 13.6. The van der Waals surface area contributed by atoms with Crippen molar-refractivity contribution in [3.8, 4) is 16.9 Å². The highest BCUT2D eigenvalue weighted by Gasteiger charge is 2.41. The van der Waals surface area contributed by atoms with Crippen molar-refractivity contribution >= 4 is 27.9 Å². The topological polar surface area (TPSA) is 163 Å². The number of sulfonamides is 1. The molecule has 2 aromatic heterocycles. The molecule has 2 aliphatic heterocycles. The number of nitrogens with zero attached hydrogens (tertiary/aromatic N) is 6. The predicted octanol–water partition coefficient (Wildman–Crippen LogP) is 4.60. The van der Waals surface area contributed by atoms with Crippen molar-refractivity contribution in [1.82, 2.24) is 29.4 Å². The SMILES string of the molecule is Cc1ccc(-c2cc(C(F)(F)F)nn2-c2ccc(S(=O)(=O)NC(=O)OCC3CCCN(n4on4OC(C)N4C(=O)c5ccccc5C4=O)C3)cc2)cc1. The number of carbonyl (C=O) groups is 3. The van der Waals surface area contributed by atoms with Crippen LogP contribution in [0.5, 0.6) is 0 Å². The number of hydrogen-bond donors (Lipinski definition) is 1. The third kappa shape index (κ3) is 7.24. The van der Waals surface area contributed by atoms with Crippen molar-refractivity contribution in [2.24, 2.45) is 5.92 Å². The van der Waals surface area contributed by atoms with Gasteiger partial charge in [-0.25, -0.2) is 27.5 Å². The first kappa shape index (κ1) is 35.4. The zero-order valence-electron chi connectivity index (χ0n) is 28.2. The summed E-state index contributed by atoms with van der Waals surface area (Å²) in [7, 11) is -4.41. The van der Waals surface area contributed by atoms with Crippen molar-refractivity contribution in [3.05, 3.63) is 101 Å². The molecule has 2 atom stereocenters. The molecule has 2 unspecified atom stereocenters. The van der Waals surface area contributed by atoms with Gasteiger partial charge >= 0.3 is 12.3 Å². The Morgan fingerprint density at radius 3 is 2.32 bits per heavy atom. The molecule has 5 aromatic rings. The van der Waals surface area contributed by atoms with Crippen LogP contribution in [0.25, 0.3) is 16.9 Å². The molecule has 0 spiro atoms. The van der Waals surface area contributed by atoms with Crippen LogP contribution >= 0.6 is 0 Å². The number of halogens is 3. The first-order valence-corrected chi connectivity index (χ1v) is 17.9. The molecule has 53 heavy (non-hydrogen) atoms. The molecule has 0 aliphatic carbocycles. The Morgan fingerprint density at radius 1 is 1.02 bits per heavy atom. The Balaban J connectivity index is 0.933. The average molecular weight is 756 g/mol. The van der Waals surface area contributed by atoms with E-state index in [9.17, 15) is 36.0 Å². The van der Waals surface area contributed by atoms with E-state index in [0.717, 1.165) is 38.4 Å². The maximum atomic E-state index is 13.6. The van der Waals surface area contributed by atoms with Gasteiger partial charge in [-0.1, -0.05) is 42.0 Å². The van der Waals surface area contributed by atoms with Crippen LogP contribution < -0.4 is 14.6 Å². The molecule has 278 valence electrons. The Kier molecular flexibility index (Phi) is 9.05. The lowest BCUT2D eigenvalue weighted by atomic mass is 10.0. The van der Waals surface area contributed by atoms with Gasteiger partial charge in [-0.3, -0.25) is 14.6 Å². The lowest BCUT2D eigenvalue weighted by molar-refractivity contribution is -0.141. The lowest BCUT2D eigenvalue weighted by Crippen LogP contribution is -2.46. The Hall–Kier alpha value is -5.98. The van der Waals surface area contributed by atoms with Crippen molar-refractivity contribution in [2.45, 2.75) is 44.0 Å². The maximum Gasteiger partial charge on any atom is 0.435 e. The van der Waals surface area contributed by atoms with E-state index in [4.69, 9.17) is 14.2 Å². The Bertz CT molecular complexity index is 2240. The fraction of sp³-hybridized carbons (Fsp3) is 0.294. The van der Waals surface area contributed by atoms with Crippen LogP contribution in [0.15, 0.2) is 88.4 Å². The zero-order chi connectivity index (χ0) is 37.7. The van der Waals surface area contributed by atoms with Gasteiger partial charge in [0, 0.05) is 29.5 Å². The van der Waals surface area contributed by atoms with E-state index < -0.39 is 46.0 Å². The van der Waals surface area contributed by atoms with E-state index in [1.54, 1.807) is 53.5 Å².